The minimum absolute atomic E-state index is 0.0796. The van der Waals surface area contributed by atoms with Gasteiger partial charge in [0.05, 0.1) is 6.61 Å². The molecule has 1 amide bonds. The molecule has 0 bridgehead atoms. The number of nitrogens with two attached hydrogens (primary N) is 1. The van der Waals surface area contributed by atoms with Crippen LogP contribution in [0.25, 0.3) is 11.0 Å². The highest BCUT2D eigenvalue weighted by atomic mass is 16.5. The Morgan fingerprint density at radius 2 is 2.15 bits per heavy atom. The van der Waals surface area contributed by atoms with Crippen molar-refractivity contribution in [3.63, 3.8) is 0 Å². The largest absolute Gasteiger partial charge is 0.451 e. The number of fused-ring (bicyclic) bond motifs is 1. The predicted octanol–water partition coefficient (Wildman–Crippen LogP) is 2.51. The molecule has 2 aromatic rings. The molecule has 0 saturated heterocycles. The summed E-state index contributed by atoms with van der Waals surface area (Å²) < 4.78 is 10.7. The lowest BCUT2D eigenvalue weighted by Crippen LogP contribution is -2.39. The Morgan fingerprint density at radius 1 is 1.40 bits per heavy atom. The second-order valence-corrected chi connectivity index (χ2v) is 4.99. The van der Waals surface area contributed by atoms with Crippen molar-refractivity contribution in [2.75, 3.05) is 26.0 Å². The van der Waals surface area contributed by atoms with E-state index in [0.29, 0.717) is 30.2 Å². The summed E-state index contributed by atoms with van der Waals surface area (Å²) >= 11 is 0. The van der Waals surface area contributed by atoms with Gasteiger partial charge in [-0.15, -0.1) is 0 Å². The number of amides is 1. The first kappa shape index (κ1) is 14.4. The van der Waals surface area contributed by atoms with Gasteiger partial charge in [0.1, 0.15) is 5.58 Å². The van der Waals surface area contributed by atoms with Crippen molar-refractivity contribution in [2.24, 2.45) is 0 Å². The van der Waals surface area contributed by atoms with Crippen LogP contribution in [0.3, 0.4) is 0 Å². The van der Waals surface area contributed by atoms with E-state index in [-0.39, 0.29) is 11.9 Å². The maximum absolute atomic E-state index is 12.5. The van der Waals surface area contributed by atoms with E-state index in [9.17, 15) is 4.79 Å². The molecule has 1 aromatic heterocycles. The summed E-state index contributed by atoms with van der Waals surface area (Å²) in [5.41, 5.74) is 7.04. The highest BCUT2D eigenvalue weighted by Gasteiger charge is 2.22. The first-order chi connectivity index (χ1) is 9.52. The van der Waals surface area contributed by atoms with E-state index in [1.54, 1.807) is 36.3 Å². The number of rotatable bonds is 5. The number of furan rings is 1. The van der Waals surface area contributed by atoms with Gasteiger partial charge in [-0.3, -0.25) is 4.79 Å². The molecular formula is C15H20N2O3. The highest BCUT2D eigenvalue weighted by molar-refractivity contribution is 5.96. The number of nitrogens with zero attached hydrogens (tertiary/aromatic N) is 1. The van der Waals surface area contributed by atoms with Crippen molar-refractivity contribution in [3.8, 4) is 0 Å². The van der Waals surface area contributed by atoms with Crippen LogP contribution in [-0.2, 0) is 4.74 Å². The first-order valence-electron chi connectivity index (χ1n) is 6.62. The third-order valence-corrected chi connectivity index (χ3v) is 3.17. The van der Waals surface area contributed by atoms with Gasteiger partial charge in [0.2, 0.25) is 0 Å². The second-order valence-electron chi connectivity index (χ2n) is 4.99. The monoisotopic (exact) mass is 276 g/mol. The van der Waals surface area contributed by atoms with Crippen molar-refractivity contribution >= 4 is 22.6 Å². The molecule has 2 N–H and O–H groups in total. The van der Waals surface area contributed by atoms with Crippen molar-refractivity contribution in [2.45, 2.75) is 19.9 Å². The molecule has 0 fully saturated rings. The molecule has 1 aromatic carbocycles. The van der Waals surface area contributed by atoms with Crippen LogP contribution in [0.15, 0.2) is 28.7 Å². The molecule has 0 atom stereocenters. The van der Waals surface area contributed by atoms with E-state index in [2.05, 4.69) is 0 Å². The summed E-state index contributed by atoms with van der Waals surface area (Å²) in [6.07, 6.45) is 0. The number of nitrogen functional groups attached to an aromatic ring is 1. The molecule has 5 heteroatoms. The average Bonchev–Trinajstić information content (AvgIpc) is 2.81. The van der Waals surface area contributed by atoms with Crippen molar-refractivity contribution < 1.29 is 13.9 Å². The van der Waals surface area contributed by atoms with Crippen LogP contribution in [0, 0.1) is 0 Å². The third-order valence-electron chi connectivity index (χ3n) is 3.17. The number of carbonyl (C=O) groups is 1. The number of hydrogen-bond donors (Lipinski definition) is 1. The fourth-order valence-corrected chi connectivity index (χ4v) is 2.09. The second kappa shape index (κ2) is 5.96. The van der Waals surface area contributed by atoms with Crippen molar-refractivity contribution in [3.05, 3.63) is 30.0 Å². The molecule has 0 aliphatic rings. The first-order valence-corrected chi connectivity index (χ1v) is 6.62. The lowest BCUT2D eigenvalue weighted by atomic mass is 10.2. The van der Waals surface area contributed by atoms with Gasteiger partial charge in [-0.25, -0.2) is 0 Å². The van der Waals surface area contributed by atoms with E-state index in [1.165, 1.54) is 0 Å². The normalized spacial score (nSPS) is 11.2. The van der Waals surface area contributed by atoms with Gasteiger partial charge >= 0.3 is 0 Å². The quantitative estimate of drug-likeness (QED) is 0.852. The van der Waals surface area contributed by atoms with Gasteiger partial charge in [0, 0.05) is 30.8 Å². The van der Waals surface area contributed by atoms with Gasteiger partial charge in [-0.2, -0.15) is 0 Å². The summed E-state index contributed by atoms with van der Waals surface area (Å²) in [5, 5.41) is 0.837. The number of anilines is 1. The van der Waals surface area contributed by atoms with Crippen LogP contribution in [-0.4, -0.2) is 37.1 Å². The Bertz CT molecular complexity index is 604. The molecule has 0 radical (unpaired) electrons. The summed E-state index contributed by atoms with van der Waals surface area (Å²) in [6, 6.07) is 7.14. The Labute approximate surface area is 118 Å². The molecular weight excluding hydrogens is 256 g/mol. The molecule has 0 unspecified atom stereocenters. The molecule has 1 heterocycles. The van der Waals surface area contributed by atoms with E-state index in [1.807, 2.05) is 13.8 Å². The lowest BCUT2D eigenvalue weighted by Gasteiger charge is -2.25. The third kappa shape index (κ3) is 2.93. The molecule has 108 valence electrons. The topological polar surface area (TPSA) is 68.7 Å². The SMILES string of the molecule is COCCN(C(=O)c1cc2cc(N)ccc2o1)C(C)C. The minimum Gasteiger partial charge on any atom is -0.451 e. The average molecular weight is 276 g/mol. The molecule has 5 nitrogen and oxygen atoms in total. The summed E-state index contributed by atoms with van der Waals surface area (Å²) in [4.78, 5) is 14.2. The Morgan fingerprint density at radius 3 is 2.80 bits per heavy atom. The zero-order valence-corrected chi connectivity index (χ0v) is 12.1. The maximum Gasteiger partial charge on any atom is 0.289 e. The molecule has 0 spiro atoms. The van der Waals surface area contributed by atoms with Gasteiger partial charge in [0.15, 0.2) is 5.76 Å². The molecule has 0 saturated carbocycles. The number of hydrogen-bond acceptors (Lipinski definition) is 4. The van der Waals surface area contributed by atoms with Gasteiger partial charge in [-0.05, 0) is 38.1 Å². The summed E-state index contributed by atoms with van der Waals surface area (Å²) in [5.74, 6) is 0.197. The van der Waals surface area contributed by atoms with Crippen molar-refractivity contribution in [1.82, 2.24) is 4.90 Å². The van der Waals surface area contributed by atoms with Crippen LogP contribution in [0.4, 0.5) is 5.69 Å². The maximum atomic E-state index is 12.5. The fourth-order valence-electron chi connectivity index (χ4n) is 2.09. The van der Waals surface area contributed by atoms with Gasteiger partial charge < -0.3 is 19.8 Å². The molecule has 20 heavy (non-hydrogen) atoms. The summed E-state index contributed by atoms with van der Waals surface area (Å²) in [7, 11) is 1.62. The molecule has 0 aliphatic heterocycles. The van der Waals surface area contributed by atoms with Crippen LogP contribution in [0.2, 0.25) is 0 Å². The van der Waals surface area contributed by atoms with Gasteiger partial charge in [0.25, 0.3) is 5.91 Å². The van der Waals surface area contributed by atoms with Crippen molar-refractivity contribution in [1.29, 1.82) is 0 Å². The van der Waals surface area contributed by atoms with E-state index in [0.717, 1.165) is 5.39 Å². The smallest absolute Gasteiger partial charge is 0.289 e. The Kier molecular flexibility index (Phi) is 4.29. The van der Waals surface area contributed by atoms with Crippen LogP contribution in [0.5, 0.6) is 0 Å². The van der Waals surface area contributed by atoms with E-state index >= 15 is 0 Å². The predicted molar refractivity (Wildman–Crippen MR) is 78.7 cm³/mol. The van der Waals surface area contributed by atoms with Gasteiger partial charge in [-0.1, -0.05) is 0 Å². The minimum atomic E-state index is -0.133. The zero-order valence-electron chi connectivity index (χ0n) is 12.1. The molecule has 0 aliphatic carbocycles. The number of benzene rings is 1. The van der Waals surface area contributed by atoms with Crippen LogP contribution in [0.1, 0.15) is 24.4 Å². The number of ether oxygens (including phenoxy) is 1. The summed E-state index contributed by atoms with van der Waals surface area (Å²) in [6.45, 7) is 4.96. The number of carbonyl (C=O) groups excluding carboxylic acids is 1. The molecule has 2 rings (SSSR count). The standard InChI is InChI=1S/C15H20N2O3/c1-10(2)17(6-7-19-3)15(18)14-9-11-8-12(16)4-5-13(11)20-14/h4-5,8-10H,6-7,16H2,1-3H3. The van der Waals surface area contributed by atoms with E-state index in [4.69, 9.17) is 14.9 Å². The van der Waals surface area contributed by atoms with E-state index < -0.39 is 0 Å². The Balaban J connectivity index is 2.28. The van der Waals surface area contributed by atoms with Crippen LogP contribution >= 0.6 is 0 Å². The van der Waals surface area contributed by atoms with Crippen LogP contribution < -0.4 is 5.73 Å². The Hall–Kier alpha value is -2.01. The highest BCUT2D eigenvalue weighted by Crippen LogP contribution is 2.23. The number of methoxy groups -OCH3 is 1. The zero-order chi connectivity index (χ0) is 14.7. The lowest BCUT2D eigenvalue weighted by molar-refractivity contribution is 0.0606. The fraction of sp³-hybridized carbons (Fsp3) is 0.400.